The minimum atomic E-state index is -3.20. The molecule has 0 aliphatic heterocycles. The van der Waals surface area contributed by atoms with Crippen molar-refractivity contribution in [2.24, 2.45) is 0 Å². The lowest BCUT2D eigenvalue weighted by Crippen LogP contribution is -2.22. The standard InChI is InChI=1S/C14H21NO4S/c1-3-9-20(18,19)13-7-5-12(6-8-13)15-11(4-2)10-14(16)17/h5-8,11,15H,3-4,9-10H2,1-2H3,(H,16,17). The van der Waals surface area contributed by atoms with Crippen LogP contribution in [0.1, 0.15) is 33.1 Å². The van der Waals surface area contributed by atoms with Gasteiger partial charge in [-0.1, -0.05) is 13.8 Å². The van der Waals surface area contributed by atoms with Crippen molar-refractivity contribution in [1.82, 2.24) is 0 Å². The molecule has 0 saturated heterocycles. The summed E-state index contributed by atoms with van der Waals surface area (Å²) < 4.78 is 23.7. The number of aliphatic carboxylic acids is 1. The molecule has 0 fully saturated rings. The Balaban J connectivity index is 2.78. The number of sulfone groups is 1. The zero-order chi connectivity index (χ0) is 15.2. The Hall–Kier alpha value is -1.56. The summed E-state index contributed by atoms with van der Waals surface area (Å²) in [5.74, 6) is -0.720. The Kier molecular flexibility index (Phi) is 6.01. The van der Waals surface area contributed by atoms with Crippen LogP contribution in [0.2, 0.25) is 0 Å². The molecular weight excluding hydrogens is 278 g/mol. The number of nitrogens with one attached hydrogen (secondary N) is 1. The molecule has 1 aromatic rings. The molecular formula is C14H21NO4S. The van der Waals surface area contributed by atoms with Crippen molar-refractivity contribution in [2.45, 2.75) is 44.0 Å². The molecule has 1 rings (SSSR count). The quantitative estimate of drug-likeness (QED) is 0.770. The largest absolute Gasteiger partial charge is 0.481 e. The van der Waals surface area contributed by atoms with E-state index in [9.17, 15) is 13.2 Å². The third-order valence-corrected chi connectivity index (χ3v) is 4.91. The zero-order valence-corrected chi connectivity index (χ0v) is 12.6. The van der Waals surface area contributed by atoms with Gasteiger partial charge in [0, 0.05) is 11.7 Å². The average molecular weight is 299 g/mol. The van der Waals surface area contributed by atoms with Gasteiger partial charge in [-0.3, -0.25) is 4.79 Å². The molecule has 0 aromatic heterocycles. The molecule has 2 N–H and O–H groups in total. The molecule has 1 unspecified atom stereocenters. The van der Waals surface area contributed by atoms with E-state index in [2.05, 4.69) is 5.32 Å². The second-order valence-electron chi connectivity index (χ2n) is 4.69. The predicted molar refractivity (Wildman–Crippen MR) is 78.7 cm³/mol. The molecule has 0 radical (unpaired) electrons. The highest BCUT2D eigenvalue weighted by Crippen LogP contribution is 2.17. The molecule has 1 aromatic carbocycles. The molecule has 6 heteroatoms. The Morgan fingerprint density at radius 3 is 2.30 bits per heavy atom. The maximum atomic E-state index is 11.9. The van der Waals surface area contributed by atoms with Crippen LogP contribution in [-0.2, 0) is 14.6 Å². The normalized spacial score (nSPS) is 12.9. The number of carboxylic acid groups (broad SMARTS) is 1. The van der Waals surface area contributed by atoms with Crippen molar-refractivity contribution < 1.29 is 18.3 Å². The minimum Gasteiger partial charge on any atom is -0.481 e. The van der Waals surface area contributed by atoms with E-state index in [-0.39, 0.29) is 18.2 Å². The van der Waals surface area contributed by atoms with E-state index < -0.39 is 15.8 Å². The van der Waals surface area contributed by atoms with E-state index in [0.717, 1.165) is 5.69 Å². The molecule has 20 heavy (non-hydrogen) atoms. The topological polar surface area (TPSA) is 83.5 Å². The molecule has 0 amide bonds. The highest BCUT2D eigenvalue weighted by atomic mass is 32.2. The van der Waals surface area contributed by atoms with Gasteiger partial charge in [-0.25, -0.2) is 8.42 Å². The molecule has 0 heterocycles. The summed E-state index contributed by atoms with van der Waals surface area (Å²) in [5.41, 5.74) is 0.730. The Morgan fingerprint density at radius 2 is 1.85 bits per heavy atom. The second-order valence-corrected chi connectivity index (χ2v) is 6.80. The van der Waals surface area contributed by atoms with Crippen molar-refractivity contribution >= 4 is 21.5 Å². The molecule has 0 aliphatic rings. The average Bonchev–Trinajstić information content (AvgIpc) is 2.38. The van der Waals surface area contributed by atoms with Gasteiger partial charge in [0.2, 0.25) is 0 Å². The fourth-order valence-corrected chi connectivity index (χ4v) is 3.21. The van der Waals surface area contributed by atoms with Crippen molar-refractivity contribution in [3.63, 3.8) is 0 Å². The van der Waals surface area contributed by atoms with Crippen LogP contribution in [0.3, 0.4) is 0 Å². The number of carboxylic acids is 1. The molecule has 0 saturated carbocycles. The van der Waals surface area contributed by atoms with Gasteiger partial charge in [0.25, 0.3) is 0 Å². The summed E-state index contributed by atoms with van der Waals surface area (Å²) in [4.78, 5) is 11.0. The summed E-state index contributed by atoms with van der Waals surface area (Å²) in [5, 5.41) is 11.9. The van der Waals surface area contributed by atoms with Crippen molar-refractivity contribution in [2.75, 3.05) is 11.1 Å². The first kappa shape index (κ1) is 16.5. The van der Waals surface area contributed by atoms with E-state index in [4.69, 9.17) is 5.11 Å². The van der Waals surface area contributed by atoms with Crippen LogP contribution in [0.25, 0.3) is 0 Å². The van der Waals surface area contributed by atoms with Gasteiger partial charge in [-0.05, 0) is 37.1 Å². The first-order valence-electron chi connectivity index (χ1n) is 6.70. The first-order chi connectivity index (χ1) is 9.39. The summed E-state index contributed by atoms with van der Waals surface area (Å²) in [6.45, 7) is 3.73. The lowest BCUT2D eigenvalue weighted by atomic mass is 10.1. The van der Waals surface area contributed by atoms with Crippen molar-refractivity contribution in [1.29, 1.82) is 0 Å². The van der Waals surface area contributed by atoms with Gasteiger partial charge in [-0.15, -0.1) is 0 Å². The lowest BCUT2D eigenvalue weighted by molar-refractivity contribution is -0.137. The van der Waals surface area contributed by atoms with Crippen LogP contribution in [0.5, 0.6) is 0 Å². The van der Waals surface area contributed by atoms with Crippen LogP contribution < -0.4 is 5.32 Å². The second kappa shape index (κ2) is 7.28. The number of rotatable bonds is 8. The molecule has 0 spiro atoms. The third-order valence-electron chi connectivity index (χ3n) is 2.97. The highest BCUT2D eigenvalue weighted by Gasteiger charge is 2.14. The SMILES string of the molecule is CCCS(=O)(=O)c1ccc(NC(CC)CC(=O)O)cc1. The van der Waals surface area contributed by atoms with E-state index in [1.54, 1.807) is 24.3 Å². The molecule has 0 bridgehead atoms. The van der Waals surface area contributed by atoms with E-state index in [1.807, 2.05) is 13.8 Å². The highest BCUT2D eigenvalue weighted by molar-refractivity contribution is 7.91. The molecule has 112 valence electrons. The first-order valence-corrected chi connectivity index (χ1v) is 8.35. The smallest absolute Gasteiger partial charge is 0.305 e. The fourth-order valence-electron chi connectivity index (χ4n) is 1.89. The Labute approximate surface area is 119 Å². The summed E-state index contributed by atoms with van der Waals surface area (Å²) in [7, 11) is -3.20. The predicted octanol–water partition coefficient (Wildman–Crippen LogP) is 2.54. The van der Waals surface area contributed by atoms with E-state index >= 15 is 0 Å². The van der Waals surface area contributed by atoms with E-state index in [0.29, 0.717) is 17.7 Å². The number of hydrogen-bond donors (Lipinski definition) is 2. The van der Waals surface area contributed by atoms with Crippen LogP contribution in [0.4, 0.5) is 5.69 Å². The van der Waals surface area contributed by atoms with Gasteiger partial charge in [0.05, 0.1) is 17.1 Å². The maximum Gasteiger partial charge on any atom is 0.305 e. The van der Waals surface area contributed by atoms with Gasteiger partial charge < -0.3 is 10.4 Å². The summed E-state index contributed by atoms with van der Waals surface area (Å²) in [6.07, 6.45) is 1.30. The van der Waals surface area contributed by atoms with Crippen LogP contribution >= 0.6 is 0 Å². The Bertz CT molecular complexity index is 537. The van der Waals surface area contributed by atoms with Crippen molar-refractivity contribution in [3.05, 3.63) is 24.3 Å². The maximum absolute atomic E-state index is 11.9. The summed E-state index contributed by atoms with van der Waals surface area (Å²) in [6, 6.07) is 6.30. The van der Waals surface area contributed by atoms with Gasteiger partial charge in [0.15, 0.2) is 9.84 Å². The number of hydrogen-bond acceptors (Lipinski definition) is 4. The number of benzene rings is 1. The lowest BCUT2D eigenvalue weighted by Gasteiger charge is -2.16. The van der Waals surface area contributed by atoms with Crippen LogP contribution in [0, 0.1) is 0 Å². The van der Waals surface area contributed by atoms with E-state index in [1.165, 1.54) is 0 Å². The zero-order valence-electron chi connectivity index (χ0n) is 11.8. The molecule has 5 nitrogen and oxygen atoms in total. The molecule has 1 atom stereocenters. The Morgan fingerprint density at radius 1 is 1.25 bits per heavy atom. The van der Waals surface area contributed by atoms with Gasteiger partial charge >= 0.3 is 5.97 Å². The number of anilines is 1. The summed E-state index contributed by atoms with van der Waals surface area (Å²) >= 11 is 0. The molecule has 0 aliphatic carbocycles. The van der Waals surface area contributed by atoms with Crippen LogP contribution in [-0.4, -0.2) is 31.3 Å². The minimum absolute atomic E-state index is 0.0341. The van der Waals surface area contributed by atoms with Crippen LogP contribution in [0.15, 0.2) is 29.2 Å². The number of carbonyl (C=O) groups is 1. The van der Waals surface area contributed by atoms with Crippen molar-refractivity contribution in [3.8, 4) is 0 Å². The monoisotopic (exact) mass is 299 g/mol. The van der Waals surface area contributed by atoms with Gasteiger partial charge in [0.1, 0.15) is 0 Å². The van der Waals surface area contributed by atoms with Gasteiger partial charge in [-0.2, -0.15) is 0 Å². The fraction of sp³-hybridized carbons (Fsp3) is 0.500. The third kappa shape index (κ3) is 4.85.